The molecule has 3 heterocycles. The molecular weight excluding hydrogens is 421 g/mol. The van der Waals surface area contributed by atoms with Gasteiger partial charge in [-0.1, -0.05) is 25.1 Å². The molecule has 2 aromatic carbocycles. The SMILES string of the molecule is CCc1ccc(N2C(=S)N[C@H](c3ccccn3)[C@@H]2c2ccc(-c3ccc(F)cc3)o2)cc1. The van der Waals surface area contributed by atoms with Crippen molar-refractivity contribution in [1.82, 2.24) is 10.3 Å². The fourth-order valence-electron chi connectivity index (χ4n) is 4.10. The molecule has 1 fully saturated rings. The van der Waals surface area contributed by atoms with Crippen molar-refractivity contribution in [2.75, 3.05) is 4.90 Å². The van der Waals surface area contributed by atoms with Crippen molar-refractivity contribution in [2.45, 2.75) is 25.4 Å². The molecule has 2 atom stereocenters. The molecule has 1 aliphatic rings. The predicted octanol–water partition coefficient (Wildman–Crippen LogP) is 6.22. The van der Waals surface area contributed by atoms with E-state index in [1.807, 2.05) is 30.3 Å². The summed E-state index contributed by atoms with van der Waals surface area (Å²) >= 11 is 5.76. The molecule has 4 aromatic rings. The van der Waals surface area contributed by atoms with Gasteiger partial charge < -0.3 is 14.6 Å². The van der Waals surface area contributed by atoms with Gasteiger partial charge in [-0.3, -0.25) is 4.98 Å². The Labute approximate surface area is 191 Å². The van der Waals surface area contributed by atoms with Crippen LogP contribution in [-0.2, 0) is 6.42 Å². The highest BCUT2D eigenvalue weighted by molar-refractivity contribution is 7.80. The Hall–Kier alpha value is -3.51. The van der Waals surface area contributed by atoms with Crippen LogP contribution in [0.5, 0.6) is 0 Å². The van der Waals surface area contributed by atoms with E-state index in [2.05, 4.69) is 46.4 Å². The highest BCUT2D eigenvalue weighted by Crippen LogP contribution is 2.42. The molecule has 2 aromatic heterocycles. The highest BCUT2D eigenvalue weighted by atomic mass is 32.1. The number of hydrogen-bond donors (Lipinski definition) is 1. The van der Waals surface area contributed by atoms with E-state index in [1.165, 1.54) is 17.7 Å². The van der Waals surface area contributed by atoms with Gasteiger partial charge in [-0.05, 0) is 84.9 Å². The van der Waals surface area contributed by atoms with E-state index < -0.39 is 0 Å². The first-order valence-electron chi connectivity index (χ1n) is 10.6. The molecule has 0 bridgehead atoms. The number of aryl methyl sites for hydroxylation is 1. The normalized spacial score (nSPS) is 18.1. The molecule has 0 unspecified atom stereocenters. The number of nitrogens with zero attached hydrogens (tertiary/aromatic N) is 2. The van der Waals surface area contributed by atoms with Gasteiger partial charge in [0.15, 0.2) is 5.11 Å². The van der Waals surface area contributed by atoms with E-state index in [-0.39, 0.29) is 17.9 Å². The minimum Gasteiger partial charge on any atom is -0.459 e. The summed E-state index contributed by atoms with van der Waals surface area (Å²) in [6, 6.07) is 24.0. The molecule has 0 amide bonds. The summed E-state index contributed by atoms with van der Waals surface area (Å²) < 4.78 is 19.7. The molecule has 0 saturated carbocycles. The fraction of sp³-hybridized carbons (Fsp3) is 0.154. The first-order chi connectivity index (χ1) is 15.6. The maximum atomic E-state index is 13.4. The summed E-state index contributed by atoms with van der Waals surface area (Å²) in [4.78, 5) is 6.65. The van der Waals surface area contributed by atoms with E-state index in [9.17, 15) is 4.39 Å². The number of rotatable bonds is 5. The first-order valence-corrected chi connectivity index (χ1v) is 11.0. The number of hydrogen-bond acceptors (Lipinski definition) is 3. The molecule has 0 aliphatic carbocycles. The quantitative estimate of drug-likeness (QED) is 0.371. The van der Waals surface area contributed by atoms with Crippen molar-refractivity contribution in [3.05, 3.63) is 108 Å². The Morgan fingerprint density at radius 1 is 1.00 bits per heavy atom. The third-order valence-electron chi connectivity index (χ3n) is 5.77. The zero-order valence-electron chi connectivity index (χ0n) is 17.5. The van der Waals surface area contributed by atoms with Crippen LogP contribution in [-0.4, -0.2) is 10.1 Å². The summed E-state index contributed by atoms with van der Waals surface area (Å²) in [6.07, 6.45) is 2.75. The number of benzene rings is 2. The van der Waals surface area contributed by atoms with E-state index in [1.54, 1.807) is 18.3 Å². The number of furan rings is 1. The topological polar surface area (TPSA) is 41.3 Å². The van der Waals surface area contributed by atoms with Crippen LogP contribution in [0.2, 0.25) is 0 Å². The Kier molecular flexibility index (Phi) is 5.45. The highest BCUT2D eigenvalue weighted by Gasteiger charge is 2.42. The lowest BCUT2D eigenvalue weighted by Crippen LogP contribution is -2.29. The Balaban J connectivity index is 1.57. The first kappa shape index (κ1) is 20.4. The molecule has 32 heavy (non-hydrogen) atoms. The van der Waals surface area contributed by atoms with Crippen LogP contribution >= 0.6 is 12.2 Å². The molecular formula is C26H22FN3OS. The molecule has 5 rings (SSSR count). The van der Waals surface area contributed by atoms with Gasteiger partial charge >= 0.3 is 0 Å². The maximum absolute atomic E-state index is 13.4. The van der Waals surface area contributed by atoms with Crippen LogP contribution in [0.15, 0.2) is 89.5 Å². The lowest BCUT2D eigenvalue weighted by atomic mass is 10.0. The van der Waals surface area contributed by atoms with Gasteiger partial charge in [-0.25, -0.2) is 4.39 Å². The van der Waals surface area contributed by atoms with Gasteiger partial charge in [0.05, 0.1) is 11.7 Å². The Bertz CT molecular complexity index is 1220. The molecule has 1 saturated heterocycles. The van der Waals surface area contributed by atoms with Crippen LogP contribution in [0.1, 0.15) is 36.0 Å². The summed E-state index contributed by atoms with van der Waals surface area (Å²) in [5.74, 6) is 1.16. The number of thiocarbonyl (C=S) groups is 1. The zero-order chi connectivity index (χ0) is 22.1. The second-order valence-corrected chi connectivity index (χ2v) is 8.11. The van der Waals surface area contributed by atoms with Crippen molar-refractivity contribution in [3.63, 3.8) is 0 Å². The van der Waals surface area contributed by atoms with Crippen molar-refractivity contribution in [3.8, 4) is 11.3 Å². The van der Waals surface area contributed by atoms with Crippen LogP contribution in [0.25, 0.3) is 11.3 Å². The van der Waals surface area contributed by atoms with Crippen LogP contribution in [0, 0.1) is 5.82 Å². The number of pyridine rings is 1. The Morgan fingerprint density at radius 2 is 1.78 bits per heavy atom. The lowest BCUT2D eigenvalue weighted by molar-refractivity contribution is 0.439. The van der Waals surface area contributed by atoms with E-state index in [0.29, 0.717) is 10.9 Å². The van der Waals surface area contributed by atoms with Gasteiger partial charge in [0, 0.05) is 17.4 Å². The predicted molar refractivity (Wildman–Crippen MR) is 128 cm³/mol. The Morgan fingerprint density at radius 3 is 2.47 bits per heavy atom. The lowest BCUT2D eigenvalue weighted by Gasteiger charge is -2.26. The number of nitrogens with one attached hydrogen (secondary N) is 1. The average molecular weight is 444 g/mol. The summed E-state index contributed by atoms with van der Waals surface area (Å²) in [6.45, 7) is 2.14. The fourth-order valence-corrected chi connectivity index (χ4v) is 4.44. The summed E-state index contributed by atoms with van der Waals surface area (Å²) in [5, 5.41) is 4.06. The van der Waals surface area contributed by atoms with Crippen LogP contribution in [0.3, 0.4) is 0 Å². The average Bonchev–Trinajstić information content (AvgIpc) is 3.45. The third-order valence-corrected chi connectivity index (χ3v) is 6.08. The van der Waals surface area contributed by atoms with Gasteiger partial charge in [0.25, 0.3) is 0 Å². The van der Waals surface area contributed by atoms with Crippen molar-refractivity contribution >= 4 is 23.0 Å². The van der Waals surface area contributed by atoms with Crippen molar-refractivity contribution in [2.24, 2.45) is 0 Å². The maximum Gasteiger partial charge on any atom is 0.174 e. The molecule has 1 aliphatic heterocycles. The third kappa shape index (κ3) is 3.78. The standard InChI is InChI=1S/C26H22FN3OS/c1-2-17-6-12-20(13-7-17)30-25(24(29-26(30)32)21-5-3-4-16-28-21)23-15-14-22(31-23)18-8-10-19(27)11-9-18/h3-16,24-25H,2H2,1H3,(H,29,32)/t24-,25+/m1/s1. The van der Waals surface area contributed by atoms with Crippen molar-refractivity contribution in [1.29, 1.82) is 0 Å². The van der Waals surface area contributed by atoms with Crippen LogP contribution < -0.4 is 10.2 Å². The smallest absolute Gasteiger partial charge is 0.174 e. The second-order valence-electron chi connectivity index (χ2n) is 7.73. The van der Waals surface area contributed by atoms with Gasteiger partial charge in [0.1, 0.15) is 23.4 Å². The molecule has 6 heteroatoms. The van der Waals surface area contributed by atoms with E-state index in [0.717, 1.165) is 29.1 Å². The molecule has 0 radical (unpaired) electrons. The summed E-state index contributed by atoms with van der Waals surface area (Å²) in [5.41, 5.74) is 3.95. The van der Waals surface area contributed by atoms with Gasteiger partial charge in [-0.15, -0.1) is 0 Å². The summed E-state index contributed by atoms with van der Waals surface area (Å²) in [7, 11) is 0. The monoisotopic (exact) mass is 443 g/mol. The van der Waals surface area contributed by atoms with Gasteiger partial charge in [0.2, 0.25) is 0 Å². The van der Waals surface area contributed by atoms with E-state index >= 15 is 0 Å². The number of anilines is 1. The minimum atomic E-state index is -0.275. The number of halogens is 1. The largest absolute Gasteiger partial charge is 0.459 e. The van der Waals surface area contributed by atoms with Crippen molar-refractivity contribution < 1.29 is 8.81 Å². The van der Waals surface area contributed by atoms with E-state index in [4.69, 9.17) is 16.6 Å². The molecule has 1 N–H and O–H groups in total. The molecule has 0 spiro atoms. The molecule has 4 nitrogen and oxygen atoms in total. The van der Waals surface area contributed by atoms with Crippen LogP contribution in [0.4, 0.5) is 10.1 Å². The van der Waals surface area contributed by atoms with Gasteiger partial charge in [-0.2, -0.15) is 0 Å². The molecule has 160 valence electrons. The zero-order valence-corrected chi connectivity index (χ0v) is 18.4. The minimum absolute atomic E-state index is 0.179. The number of aromatic nitrogens is 1. The second kappa shape index (κ2) is 8.55.